The van der Waals surface area contributed by atoms with Crippen molar-refractivity contribution < 1.29 is 0 Å². The Morgan fingerprint density at radius 2 is 1.76 bits per heavy atom. The lowest BCUT2D eigenvalue weighted by Crippen LogP contribution is -2.45. The number of benzene rings is 1. The molecule has 1 aromatic rings. The lowest BCUT2D eigenvalue weighted by atomic mass is 10.0. The van der Waals surface area contributed by atoms with Crippen molar-refractivity contribution in [2.45, 2.75) is 12.5 Å². The molecule has 1 atom stereocenters. The van der Waals surface area contributed by atoms with Crippen LogP contribution in [0.5, 0.6) is 0 Å². The van der Waals surface area contributed by atoms with Crippen LogP contribution in [0.25, 0.3) is 0 Å². The van der Waals surface area contributed by atoms with Crippen LogP contribution in [0.2, 0.25) is 0 Å². The maximum absolute atomic E-state index is 6.20. The van der Waals surface area contributed by atoms with E-state index in [-0.39, 0.29) is 6.04 Å². The molecular formula is C14H23N3. The molecule has 1 saturated heterocycles. The molecule has 1 aliphatic heterocycles. The van der Waals surface area contributed by atoms with E-state index in [1.54, 1.807) is 0 Å². The second-order valence-corrected chi connectivity index (χ2v) is 4.95. The van der Waals surface area contributed by atoms with Gasteiger partial charge < -0.3 is 15.5 Å². The fourth-order valence-electron chi connectivity index (χ4n) is 2.26. The maximum Gasteiger partial charge on any atom is 0.0307 e. The first kappa shape index (κ1) is 12.6. The van der Waals surface area contributed by atoms with Crippen molar-refractivity contribution in [3.63, 3.8) is 0 Å². The van der Waals surface area contributed by atoms with Gasteiger partial charge >= 0.3 is 0 Å². The molecule has 0 bridgehead atoms. The normalized spacial score (nSPS) is 20.4. The van der Waals surface area contributed by atoms with Crippen molar-refractivity contribution in [2.24, 2.45) is 5.73 Å². The third-order valence-electron chi connectivity index (χ3n) is 3.58. The van der Waals surface area contributed by atoms with Crippen molar-refractivity contribution in [1.82, 2.24) is 9.80 Å². The van der Waals surface area contributed by atoms with Gasteiger partial charge in [-0.3, -0.25) is 0 Å². The zero-order valence-electron chi connectivity index (χ0n) is 10.7. The lowest BCUT2D eigenvalue weighted by molar-refractivity contribution is 0.150. The number of hydrogen-bond acceptors (Lipinski definition) is 3. The van der Waals surface area contributed by atoms with Crippen LogP contribution in [0.1, 0.15) is 18.0 Å². The summed E-state index contributed by atoms with van der Waals surface area (Å²) in [5.41, 5.74) is 7.45. The summed E-state index contributed by atoms with van der Waals surface area (Å²) in [6.07, 6.45) is 1.05. The predicted molar refractivity (Wildman–Crippen MR) is 71.9 cm³/mol. The molecule has 0 aliphatic carbocycles. The summed E-state index contributed by atoms with van der Waals surface area (Å²) in [6, 6.07) is 10.6. The summed E-state index contributed by atoms with van der Waals surface area (Å²) in [7, 11) is 2.19. The Hall–Kier alpha value is -0.900. The first-order chi connectivity index (χ1) is 8.25. The molecule has 1 aliphatic rings. The van der Waals surface area contributed by atoms with Crippen LogP contribution in [0.3, 0.4) is 0 Å². The Morgan fingerprint density at radius 3 is 2.41 bits per heavy atom. The van der Waals surface area contributed by atoms with Gasteiger partial charge in [-0.15, -0.1) is 0 Å². The van der Waals surface area contributed by atoms with Crippen LogP contribution < -0.4 is 5.73 Å². The molecule has 94 valence electrons. The van der Waals surface area contributed by atoms with Gasteiger partial charge in [-0.05, 0) is 19.0 Å². The molecule has 0 radical (unpaired) electrons. The van der Waals surface area contributed by atoms with E-state index in [0.29, 0.717) is 0 Å². The molecule has 0 unspecified atom stereocenters. The first-order valence-corrected chi connectivity index (χ1v) is 6.47. The van der Waals surface area contributed by atoms with E-state index in [1.165, 1.54) is 31.7 Å². The minimum atomic E-state index is 0.177. The standard InChI is InChI=1S/C14H23N3/c1-16-9-11-17(12-10-16)8-7-14(15)13-5-3-2-4-6-13/h2-6,14H,7-12,15H2,1H3/t14-/m0/s1. The van der Waals surface area contributed by atoms with Gasteiger partial charge in [0.1, 0.15) is 0 Å². The smallest absolute Gasteiger partial charge is 0.0307 e. The van der Waals surface area contributed by atoms with Crippen LogP contribution in [0, 0.1) is 0 Å². The van der Waals surface area contributed by atoms with E-state index in [9.17, 15) is 0 Å². The second kappa shape index (κ2) is 6.15. The Morgan fingerprint density at radius 1 is 1.12 bits per heavy atom. The molecule has 1 fully saturated rings. The quantitative estimate of drug-likeness (QED) is 0.851. The Kier molecular flexibility index (Phi) is 4.54. The molecule has 17 heavy (non-hydrogen) atoms. The van der Waals surface area contributed by atoms with E-state index in [0.717, 1.165) is 13.0 Å². The number of likely N-dealkylation sites (N-methyl/N-ethyl adjacent to an activating group) is 1. The Balaban J connectivity index is 1.75. The molecule has 1 heterocycles. The molecule has 0 aromatic heterocycles. The van der Waals surface area contributed by atoms with Gasteiger partial charge in [-0.2, -0.15) is 0 Å². The van der Waals surface area contributed by atoms with Crippen molar-refractivity contribution in [3.05, 3.63) is 35.9 Å². The Labute approximate surface area is 104 Å². The third kappa shape index (κ3) is 3.80. The highest BCUT2D eigenvalue weighted by atomic mass is 15.2. The summed E-state index contributed by atoms with van der Waals surface area (Å²) in [5, 5.41) is 0. The lowest BCUT2D eigenvalue weighted by Gasteiger charge is -2.32. The Bertz CT molecular complexity index is 317. The van der Waals surface area contributed by atoms with Gasteiger partial charge in [0.05, 0.1) is 0 Å². The first-order valence-electron chi connectivity index (χ1n) is 6.47. The summed E-state index contributed by atoms with van der Waals surface area (Å²) in [4.78, 5) is 4.90. The van der Waals surface area contributed by atoms with Gasteiger partial charge in [0.2, 0.25) is 0 Å². The van der Waals surface area contributed by atoms with Crippen LogP contribution >= 0.6 is 0 Å². The van der Waals surface area contributed by atoms with Crippen molar-refractivity contribution in [1.29, 1.82) is 0 Å². The molecule has 0 amide bonds. The number of hydrogen-bond donors (Lipinski definition) is 1. The molecule has 0 spiro atoms. The van der Waals surface area contributed by atoms with Gasteiger partial charge in [0, 0.05) is 38.8 Å². The van der Waals surface area contributed by atoms with Crippen molar-refractivity contribution in [3.8, 4) is 0 Å². The second-order valence-electron chi connectivity index (χ2n) is 4.95. The van der Waals surface area contributed by atoms with Crippen LogP contribution in [0.15, 0.2) is 30.3 Å². The van der Waals surface area contributed by atoms with Crippen molar-refractivity contribution >= 4 is 0 Å². The van der Waals surface area contributed by atoms with Gasteiger partial charge in [-0.25, -0.2) is 0 Å². The monoisotopic (exact) mass is 233 g/mol. The minimum absolute atomic E-state index is 0.177. The van der Waals surface area contributed by atoms with E-state index in [2.05, 4.69) is 41.1 Å². The summed E-state index contributed by atoms with van der Waals surface area (Å²) in [5.74, 6) is 0. The molecular weight excluding hydrogens is 210 g/mol. The zero-order chi connectivity index (χ0) is 12.1. The topological polar surface area (TPSA) is 32.5 Å². The fourth-order valence-corrected chi connectivity index (χ4v) is 2.26. The average Bonchev–Trinajstić information content (AvgIpc) is 2.39. The summed E-state index contributed by atoms with van der Waals surface area (Å²) >= 11 is 0. The van der Waals surface area contributed by atoms with Gasteiger partial charge in [0.15, 0.2) is 0 Å². The highest BCUT2D eigenvalue weighted by molar-refractivity contribution is 5.18. The molecule has 1 aromatic carbocycles. The number of rotatable bonds is 4. The van der Waals surface area contributed by atoms with Crippen LogP contribution in [0.4, 0.5) is 0 Å². The summed E-state index contributed by atoms with van der Waals surface area (Å²) in [6.45, 7) is 5.83. The predicted octanol–water partition coefficient (Wildman–Crippen LogP) is 1.32. The number of piperazine rings is 1. The fraction of sp³-hybridized carbons (Fsp3) is 0.571. The molecule has 3 heteroatoms. The van der Waals surface area contributed by atoms with Gasteiger partial charge in [0.25, 0.3) is 0 Å². The molecule has 0 saturated carbocycles. The summed E-state index contributed by atoms with van der Waals surface area (Å²) < 4.78 is 0. The highest BCUT2D eigenvalue weighted by Gasteiger charge is 2.14. The average molecular weight is 233 g/mol. The van der Waals surface area contributed by atoms with E-state index in [1.807, 2.05) is 6.07 Å². The van der Waals surface area contributed by atoms with E-state index in [4.69, 9.17) is 5.73 Å². The molecule has 2 N–H and O–H groups in total. The third-order valence-corrected chi connectivity index (χ3v) is 3.58. The SMILES string of the molecule is CN1CCN(CC[C@H](N)c2ccccc2)CC1. The van der Waals surface area contributed by atoms with Crippen molar-refractivity contribution in [2.75, 3.05) is 39.8 Å². The molecule has 2 rings (SSSR count). The largest absolute Gasteiger partial charge is 0.324 e. The highest BCUT2D eigenvalue weighted by Crippen LogP contribution is 2.14. The van der Waals surface area contributed by atoms with E-state index < -0.39 is 0 Å². The van der Waals surface area contributed by atoms with Crippen LogP contribution in [-0.2, 0) is 0 Å². The minimum Gasteiger partial charge on any atom is -0.324 e. The number of nitrogens with two attached hydrogens (primary N) is 1. The zero-order valence-corrected chi connectivity index (χ0v) is 10.7. The van der Waals surface area contributed by atoms with Gasteiger partial charge in [-0.1, -0.05) is 30.3 Å². The molecule has 3 nitrogen and oxygen atoms in total. The van der Waals surface area contributed by atoms with Crippen LogP contribution in [-0.4, -0.2) is 49.6 Å². The number of nitrogens with zero attached hydrogens (tertiary/aromatic N) is 2. The van der Waals surface area contributed by atoms with E-state index >= 15 is 0 Å². The maximum atomic E-state index is 6.20.